The maximum absolute atomic E-state index is 12.4. The van der Waals surface area contributed by atoms with Gasteiger partial charge in [-0.05, 0) is 18.9 Å². The number of carboxylic acids is 1. The van der Waals surface area contributed by atoms with Gasteiger partial charge in [-0.3, -0.25) is 9.89 Å². The Balaban J connectivity index is 1.78. The van der Waals surface area contributed by atoms with Crippen LogP contribution in [-0.2, 0) is 4.79 Å². The van der Waals surface area contributed by atoms with Gasteiger partial charge in [0.15, 0.2) is 0 Å². The topological polar surface area (TPSA) is 95.1 Å². The summed E-state index contributed by atoms with van der Waals surface area (Å²) in [5, 5.41) is 19.1. The van der Waals surface area contributed by atoms with Gasteiger partial charge in [0.05, 0.1) is 5.69 Å². The number of aliphatic carboxylic acids is 1. The van der Waals surface area contributed by atoms with Crippen molar-refractivity contribution in [3.63, 3.8) is 0 Å². The third-order valence-corrected chi connectivity index (χ3v) is 4.36. The molecule has 1 amide bonds. The zero-order chi connectivity index (χ0) is 16.3. The number of benzene rings is 1. The van der Waals surface area contributed by atoms with Crippen LogP contribution >= 0.6 is 0 Å². The SMILES string of the molecule is O=C(NC1(C(=O)O)CCCCC1)c1cc(-c2ccccc2)n[nH]1. The number of hydrogen-bond donors (Lipinski definition) is 3. The minimum absolute atomic E-state index is 0.273. The highest BCUT2D eigenvalue weighted by Crippen LogP contribution is 2.29. The Labute approximate surface area is 133 Å². The molecule has 3 N–H and O–H groups in total. The standard InChI is InChI=1S/C17H19N3O3/c21-15(18-17(16(22)23)9-5-2-6-10-17)14-11-13(19-20-14)12-7-3-1-4-8-12/h1,3-4,7-8,11H,2,5-6,9-10H2,(H,18,21)(H,19,20)(H,22,23). The normalized spacial score (nSPS) is 16.7. The zero-order valence-electron chi connectivity index (χ0n) is 12.7. The van der Waals surface area contributed by atoms with Crippen molar-refractivity contribution < 1.29 is 14.7 Å². The van der Waals surface area contributed by atoms with Crippen LogP contribution in [0.2, 0.25) is 0 Å². The molecule has 1 aliphatic rings. The average Bonchev–Trinajstić information content (AvgIpc) is 3.06. The molecule has 23 heavy (non-hydrogen) atoms. The smallest absolute Gasteiger partial charge is 0.329 e. The summed E-state index contributed by atoms with van der Waals surface area (Å²) in [4.78, 5) is 24.1. The first-order chi connectivity index (χ1) is 11.1. The van der Waals surface area contributed by atoms with Crippen molar-refractivity contribution >= 4 is 11.9 Å². The molecule has 6 heteroatoms. The molecule has 0 aliphatic heterocycles. The number of aromatic amines is 1. The maximum Gasteiger partial charge on any atom is 0.329 e. The van der Waals surface area contributed by atoms with Crippen LogP contribution in [0.5, 0.6) is 0 Å². The lowest BCUT2D eigenvalue weighted by molar-refractivity contribution is -0.145. The monoisotopic (exact) mass is 313 g/mol. The molecule has 6 nitrogen and oxygen atoms in total. The van der Waals surface area contributed by atoms with Crippen LogP contribution in [0.25, 0.3) is 11.3 Å². The number of amides is 1. The number of rotatable bonds is 4. The summed E-state index contributed by atoms with van der Waals surface area (Å²) in [6.07, 6.45) is 3.56. The third-order valence-electron chi connectivity index (χ3n) is 4.36. The Kier molecular flexibility index (Phi) is 4.14. The number of nitrogens with zero attached hydrogens (tertiary/aromatic N) is 1. The van der Waals surface area contributed by atoms with Crippen molar-refractivity contribution in [2.24, 2.45) is 0 Å². The Morgan fingerprint density at radius 1 is 1.13 bits per heavy atom. The molecule has 0 atom stereocenters. The molecule has 0 saturated heterocycles. The Morgan fingerprint density at radius 3 is 2.48 bits per heavy atom. The zero-order valence-corrected chi connectivity index (χ0v) is 12.7. The van der Waals surface area contributed by atoms with E-state index in [0.717, 1.165) is 24.8 Å². The number of carboxylic acid groups (broad SMARTS) is 1. The van der Waals surface area contributed by atoms with Crippen molar-refractivity contribution in [3.05, 3.63) is 42.1 Å². The molecular weight excluding hydrogens is 294 g/mol. The molecule has 0 spiro atoms. The number of nitrogens with one attached hydrogen (secondary N) is 2. The predicted molar refractivity (Wildman–Crippen MR) is 84.9 cm³/mol. The average molecular weight is 313 g/mol. The minimum atomic E-state index is -1.16. The van der Waals surface area contributed by atoms with E-state index in [9.17, 15) is 14.7 Å². The van der Waals surface area contributed by atoms with E-state index < -0.39 is 17.4 Å². The fourth-order valence-corrected chi connectivity index (χ4v) is 3.03. The van der Waals surface area contributed by atoms with Crippen molar-refractivity contribution in [2.45, 2.75) is 37.6 Å². The van der Waals surface area contributed by atoms with Gasteiger partial charge in [-0.15, -0.1) is 0 Å². The third kappa shape index (κ3) is 3.11. The van der Waals surface area contributed by atoms with Gasteiger partial charge < -0.3 is 10.4 Å². The Morgan fingerprint density at radius 2 is 1.83 bits per heavy atom. The van der Waals surface area contributed by atoms with E-state index in [4.69, 9.17) is 0 Å². The van der Waals surface area contributed by atoms with E-state index in [0.29, 0.717) is 18.5 Å². The van der Waals surface area contributed by atoms with E-state index in [1.54, 1.807) is 6.07 Å². The molecule has 0 bridgehead atoms. The van der Waals surface area contributed by atoms with Crippen LogP contribution < -0.4 is 5.32 Å². The molecule has 1 fully saturated rings. The number of carbonyl (C=O) groups is 2. The number of H-pyrrole nitrogens is 1. The second-order valence-electron chi connectivity index (χ2n) is 5.93. The quantitative estimate of drug-likeness (QED) is 0.808. The summed E-state index contributed by atoms with van der Waals surface area (Å²) in [6, 6.07) is 11.1. The number of aromatic nitrogens is 2. The second-order valence-corrected chi connectivity index (χ2v) is 5.93. The number of carbonyl (C=O) groups excluding carboxylic acids is 1. The summed E-state index contributed by atoms with van der Waals surface area (Å²) < 4.78 is 0. The molecule has 1 aromatic carbocycles. The highest BCUT2D eigenvalue weighted by molar-refractivity contribution is 5.97. The fraction of sp³-hybridized carbons (Fsp3) is 0.353. The van der Waals surface area contributed by atoms with Gasteiger partial charge in [0.1, 0.15) is 11.2 Å². The first-order valence-corrected chi connectivity index (χ1v) is 7.77. The lowest BCUT2D eigenvalue weighted by Gasteiger charge is -2.33. The van der Waals surface area contributed by atoms with Gasteiger partial charge >= 0.3 is 5.97 Å². The first-order valence-electron chi connectivity index (χ1n) is 7.77. The maximum atomic E-state index is 12.4. The summed E-state index contributed by atoms with van der Waals surface area (Å²) >= 11 is 0. The van der Waals surface area contributed by atoms with Crippen molar-refractivity contribution in [1.29, 1.82) is 0 Å². The summed E-state index contributed by atoms with van der Waals surface area (Å²) in [5.74, 6) is -1.39. The van der Waals surface area contributed by atoms with Gasteiger partial charge in [0, 0.05) is 5.56 Å². The largest absolute Gasteiger partial charge is 0.480 e. The van der Waals surface area contributed by atoms with Crippen LogP contribution in [0.4, 0.5) is 0 Å². The Hall–Kier alpha value is -2.63. The van der Waals surface area contributed by atoms with E-state index in [1.165, 1.54) is 0 Å². The van der Waals surface area contributed by atoms with E-state index >= 15 is 0 Å². The van der Waals surface area contributed by atoms with Crippen molar-refractivity contribution in [3.8, 4) is 11.3 Å². The van der Waals surface area contributed by atoms with Gasteiger partial charge in [-0.1, -0.05) is 49.6 Å². The molecule has 1 saturated carbocycles. The first kappa shape index (κ1) is 15.3. The predicted octanol–water partition coefficient (Wildman–Crippen LogP) is 2.59. The van der Waals surface area contributed by atoms with E-state index in [-0.39, 0.29) is 5.69 Å². The molecule has 3 rings (SSSR count). The van der Waals surface area contributed by atoms with Crippen LogP contribution in [0.1, 0.15) is 42.6 Å². The van der Waals surface area contributed by atoms with Crippen LogP contribution in [0, 0.1) is 0 Å². The van der Waals surface area contributed by atoms with Gasteiger partial charge in [0.25, 0.3) is 5.91 Å². The molecular formula is C17H19N3O3. The highest BCUT2D eigenvalue weighted by atomic mass is 16.4. The van der Waals surface area contributed by atoms with Crippen molar-refractivity contribution in [1.82, 2.24) is 15.5 Å². The summed E-state index contributed by atoms with van der Waals surface area (Å²) in [7, 11) is 0. The second kappa shape index (κ2) is 6.24. The molecule has 2 aromatic rings. The number of hydrogen-bond acceptors (Lipinski definition) is 3. The van der Waals surface area contributed by atoms with Gasteiger partial charge in [0.2, 0.25) is 0 Å². The van der Waals surface area contributed by atoms with Gasteiger partial charge in [-0.25, -0.2) is 4.79 Å². The molecule has 1 aromatic heterocycles. The van der Waals surface area contributed by atoms with Crippen LogP contribution in [0.15, 0.2) is 36.4 Å². The molecule has 1 heterocycles. The van der Waals surface area contributed by atoms with E-state index in [2.05, 4.69) is 15.5 Å². The van der Waals surface area contributed by atoms with Crippen molar-refractivity contribution in [2.75, 3.05) is 0 Å². The highest BCUT2D eigenvalue weighted by Gasteiger charge is 2.41. The Bertz CT molecular complexity index is 703. The summed E-state index contributed by atoms with van der Waals surface area (Å²) in [6.45, 7) is 0. The van der Waals surface area contributed by atoms with Crippen LogP contribution in [-0.4, -0.2) is 32.7 Å². The lowest BCUT2D eigenvalue weighted by Crippen LogP contribution is -2.55. The van der Waals surface area contributed by atoms with Gasteiger partial charge in [-0.2, -0.15) is 5.10 Å². The fourth-order valence-electron chi connectivity index (χ4n) is 3.03. The summed E-state index contributed by atoms with van der Waals surface area (Å²) in [5.41, 5.74) is 0.667. The molecule has 0 unspecified atom stereocenters. The van der Waals surface area contributed by atoms with E-state index in [1.807, 2.05) is 30.3 Å². The molecule has 0 radical (unpaired) electrons. The lowest BCUT2D eigenvalue weighted by atomic mass is 9.81. The molecule has 120 valence electrons. The molecule has 1 aliphatic carbocycles. The minimum Gasteiger partial charge on any atom is -0.480 e. The van der Waals surface area contributed by atoms with Crippen LogP contribution in [0.3, 0.4) is 0 Å².